The Labute approximate surface area is 162 Å². The number of benzene rings is 1. The van der Waals surface area contributed by atoms with Gasteiger partial charge in [0, 0.05) is 18.3 Å². The summed E-state index contributed by atoms with van der Waals surface area (Å²) in [7, 11) is 0. The summed E-state index contributed by atoms with van der Waals surface area (Å²) in [6, 6.07) is 8.62. The number of anilines is 1. The van der Waals surface area contributed by atoms with Gasteiger partial charge in [0.2, 0.25) is 5.88 Å². The monoisotopic (exact) mass is 394 g/mol. The number of rotatable bonds is 10. The number of aromatic nitrogens is 1. The van der Waals surface area contributed by atoms with Crippen molar-refractivity contribution < 1.29 is 23.0 Å². The van der Waals surface area contributed by atoms with E-state index in [1.165, 1.54) is 6.20 Å². The first-order chi connectivity index (χ1) is 13.5. The summed E-state index contributed by atoms with van der Waals surface area (Å²) < 4.78 is 40.4. The minimum Gasteiger partial charge on any atom is -0.494 e. The highest BCUT2D eigenvalue weighted by Gasteiger charge is 2.08. The third kappa shape index (κ3) is 6.90. The lowest BCUT2D eigenvalue weighted by Crippen LogP contribution is -2.23. The number of pyridine rings is 1. The Morgan fingerprint density at radius 2 is 1.93 bits per heavy atom. The Bertz CT molecular complexity index is 788. The van der Waals surface area contributed by atoms with Crippen LogP contribution in [0.1, 0.15) is 19.4 Å². The average Bonchev–Trinajstić information content (AvgIpc) is 2.67. The fraction of sp³-hybridized carbons (Fsp3) is 0.368. The van der Waals surface area contributed by atoms with Crippen LogP contribution in [-0.2, 0) is 6.54 Å². The second kappa shape index (κ2) is 10.9. The molecule has 2 rings (SSSR count). The Hall–Kier alpha value is -3.10. The largest absolute Gasteiger partial charge is 0.494 e. The Morgan fingerprint density at radius 3 is 2.64 bits per heavy atom. The van der Waals surface area contributed by atoms with Crippen LogP contribution in [-0.4, -0.2) is 37.2 Å². The molecule has 0 fully saturated rings. The number of halogens is 2. The number of ether oxygens (including phenoxy) is 3. The SMILES string of the molecule is CCOc1ccc(OCC)c(NC(N)=NCc2ccnc(OCC(F)F)c2)c1. The topological polar surface area (TPSA) is 91.0 Å². The maximum atomic E-state index is 12.2. The molecule has 3 N–H and O–H groups in total. The molecule has 0 spiro atoms. The van der Waals surface area contributed by atoms with Crippen LogP contribution in [0.3, 0.4) is 0 Å². The summed E-state index contributed by atoms with van der Waals surface area (Å²) in [5, 5.41) is 3.00. The summed E-state index contributed by atoms with van der Waals surface area (Å²) in [4.78, 5) is 8.14. The molecule has 0 atom stereocenters. The Kier molecular flexibility index (Phi) is 8.26. The third-order valence-corrected chi connectivity index (χ3v) is 3.41. The predicted octanol–water partition coefficient (Wildman–Crippen LogP) is 3.45. The minimum atomic E-state index is -2.56. The number of alkyl halides is 2. The number of nitrogens with zero attached hydrogens (tertiary/aromatic N) is 2. The molecule has 7 nitrogen and oxygen atoms in total. The van der Waals surface area contributed by atoms with Crippen molar-refractivity contribution in [3.8, 4) is 17.4 Å². The molecule has 0 saturated heterocycles. The van der Waals surface area contributed by atoms with E-state index in [1.54, 1.807) is 24.3 Å². The first-order valence-electron chi connectivity index (χ1n) is 8.84. The standard InChI is InChI=1S/C19H24F2N4O3/c1-3-26-14-5-6-16(27-4-2)15(10-14)25-19(22)24-11-13-7-8-23-18(9-13)28-12-17(20)21/h5-10,17H,3-4,11-12H2,1-2H3,(H3,22,24,25). The van der Waals surface area contributed by atoms with Crippen LogP contribution in [0.15, 0.2) is 41.5 Å². The van der Waals surface area contributed by atoms with Gasteiger partial charge in [-0.3, -0.25) is 0 Å². The molecule has 0 radical (unpaired) electrons. The van der Waals surface area contributed by atoms with Crippen molar-refractivity contribution in [2.45, 2.75) is 26.8 Å². The van der Waals surface area contributed by atoms with Gasteiger partial charge in [-0.1, -0.05) is 0 Å². The molecule has 0 aliphatic heterocycles. The van der Waals surface area contributed by atoms with Crippen LogP contribution in [0.5, 0.6) is 17.4 Å². The van der Waals surface area contributed by atoms with E-state index in [2.05, 4.69) is 15.3 Å². The highest BCUT2D eigenvalue weighted by Crippen LogP contribution is 2.29. The fourth-order valence-electron chi connectivity index (χ4n) is 2.27. The van der Waals surface area contributed by atoms with Gasteiger partial charge in [-0.05, 0) is 37.6 Å². The van der Waals surface area contributed by atoms with E-state index in [1.807, 2.05) is 19.9 Å². The molecule has 0 aliphatic rings. The number of nitrogens with one attached hydrogen (secondary N) is 1. The van der Waals surface area contributed by atoms with E-state index in [4.69, 9.17) is 19.9 Å². The lowest BCUT2D eigenvalue weighted by atomic mass is 10.2. The van der Waals surface area contributed by atoms with Crippen molar-refractivity contribution in [2.24, 2.45) is 10.7 Å². The van der Waals surface area contributed by atoms with Crippen molar-refractivity contribution in [2.75, 3.05) is 25.1 Å². The van der Waals surface area contributed by atoms with Gasteiger partial charge >= 0.3 is 0 Å². The molecule has 0 bridgehead atoms. The quantitative estimate of drug-likeness (QED) is 0.474. The van der Waals surface area contributed by atoms with E-state index < -0.39 is 13.0 Å². The van der Waals surface area contributed by atoms with Crippen LogP contribution in [0.25, 0.3) is 0 Å². The van der Waals surface area contributed by atoms with Gasteiger partial charge in [-0.15, -0.1) is 0 Å². The molecule has 2 aromatic rings. The Balaban J connectivity index is 2.06. The maximum absolute atomic E-state index is 12.2. The molecule has 9 heteroatoms. The zero-order chi connectivity index (χ0) is 20.4. The van der Waals surface area contributed by atoms with Gasteiger partial charge in [0.05, 0.1) is 25.4 Å². The summed E-state index contributed by atoms with van der Waals surface area (Å²) in [5.41, 5.74) is 7.32. The zero-order valence-electron chi connectivity index (χ0n) is 15.8. The molecular formula is C19H24F2N4O3. The van der Waals surface area contributed by atoms with E-state index in [-0.39, 0.29) is 18.4 Å². The highest BCUT2D eigenvalue weighted by atomic mass is 19.3. The first-order valence-corrected chi connectivity index (χ1v) is 8.84. The molecule has 28 heavy (non-hydrogen) atoms. The summed E-state index contributed by atoms with van der Waals surface area (Å²) in [6.45, 7) is 4.33. The van der Waals surface area contributed by atoms with Crippen LogP contribution < -0.4 is 25.3 Å². The molecule has 1 heterocycles. The predicted molar refractivity (Wildman–Crippen MR) is 103 cm³/mol. The van der Waals surface area contributed by atoms with Crippen molar-refractivity contribution in [1.82, 2.24) is 4.98 Å². The molecule has 1 aromatic carbocycles. The summed E-state index contributed by atoms with van der Waals surface area (Å²) >= 11 is 0. The Morgan fingerprint density at radius 1 is 1.14 bits per heavy atom. The number of hydrogen-bond donors (Lipinski definition) is 2. The van der Waals surface area contributed by atoms with Gasteiger partial charge in [-0.2, -0.15) is 0 Å². The highest BCUT2D eigenvalue weighted by molar-refractivity contribution is 5.94. The van der Waals surface area contributed by atoms with Crippen LogP contribution in [0.4, 0.5) is 14.5 Å². The van der Waals surface area contributed by atoms with E-state index >= 15 is 0 Å². The molecule has 152 valence electrons. The molecular weight excluding hydrogens is 370 g/mol. The summed E-state index contributed by atoms with van der Waals surface area (Å²) in [5.74, 6) is 1.58. The molecule has 1 aromatic heterocycles. The molecule has 0 amide bonds. The van der Waals surface area contributed by atoms with Gasteiger partial charge < -0.3 is 25.3 Å². The number of nitrogens with two attached hydrogens (primary N) is 1. The fourth-order valence-corrected chi connectivity index (χ4v) is 2.27. The van der Waals surface area contributed by atoms with Crippen LogP contribution >= 0.6 is 0 Å². The molecule has 0 aliphatic carbocycles. The van der Waals surface area contributed by atoms with Gasteiger partial charge in [0.1, 0.15) is 11.5 Å². The van der Waals surface area contributed by atoms with Gasteiger partial charge in [0.25, 0.3) is 6.43 Å². The number of aliphatic imine (C=N–C) groups is 1. The molecule has 0 saturated carbocycles. The van der Waals surface area contributed by atoms with Crippen LogP contribution in [0, 0.1) is 0 Å². The van der Waals surface area contributed by atoms with Gasteiger partial charge in [0.15, 0.2) is 12.6 Å². The lowest BCUT2D eigenvalue weighted by Gasteiger charge is -2.14. The average molecular weight is 394 g/mol. The smallest absolute Gasteiger partial charge is 0.272 e. The van der Waals surface area contributed by atoms with Crippen molar-refractivity contribution in [1.29, 1.82) is 0 Å². The minimum absolute atomic E-state index is 0.113. The van der Waals surface area contributed by atoms with E-state index in [0.29, 0.717) is 30.4 Å². The van der Waals surface area contributed by atoms with Crippen LogP contribution in [0.2, 0.25) is 0 Å². The van der Waals surface area contributed by atoms with Crippen molar-refractivity contribution in [3.05, 3.63) is 42.1 Å². The number of guanidine groups is 1. The van der Waals surface area contributed by atoms with Crippen molar-refractivity contribution in [3.63, 3.8) is 0 Å². The normalized spacial score (nSPS) is 11.4. The van der Waals surface area contributed by atoms with E-state index in [9.17, 15) is 8.78 Å². The summed E-state index contributed by atoms with van der Waals surface area (Å²) in [6.07, 6.45) is -1.09. The zero-order valence-corrected chi connectivity index (χ0v) is 15.8. The van der Waals surface area contributed by atoms with Gasteiger partial charge in [-0.25, -0.2) is 18.8 Å². The van der Waals surface area contributed by atoms with Crippen molar-refractivity contribution >= 4 is 11.6 Å². The second-order valence-corrected chi connectivity index (χ2v) is 5.55. The number of hydrogen-bond acceptors (Lipinski definition) is 5. The third-order valence-electron chi connectivity index (χ3n) is 3.41. The second-order valence-electron chi connectivity index (χ2n) is 5.55. The lowest BCUT2D eigenvalue weighted by molar-refractivity contribution is 0.0795. The maximum Gasteiger partial charge on any atom is 0.272 e. The first kappa shape index (κ1) is 21.2. The molecule has 0 unspecified atom stereocenters. The van der Waals surface area contributed by atoms with E-state index in [0.717, 1.165) is 5.56 Å².